The average Bonchev–Trinajstić information content (AvgIpc) is 3.20. The molecule has 30 heavy (non-hydrogen) atoms. The van der Waals surface area contributed by atoms with Crippen LogP contribution >= 0.6 is 11.3 Å². The quantitative estimate of drug-likeness (QED) is 0.582. The van der Waals surface area contributed by atoms with E-state index in [1.165, 1.54) is 11.3 Å². The molecule has 0 radical (unpaired) electrons. The van der Waals surface area contributed by atoms with Crippen LogP contribution in [0.2, 0.25) is 0 Å². The first kappa shape index (κ1) is 21.3. The zero-order chi connectivity index (χ0) is 21.7. The molecule has 0 atom stereocenters. The van der Waals surface area contributed by atoms with E-state index >= 15 is 0 Å². The average molecular weight is 429 g/mol. The molecule has 1 N–H and O–H groups in total. The number of methoxy groups -OCH3 is 4. The number of aromatic hydroxyl groups is 1. The molecule has 0 aliphatic carbocycles. The summed E-state index contributed by atoms with van der Waals surface area (Å²) >= 11 is 1.44. The third kappa shape index (κ3) is 4.11. The van der Waals surface area contributed by atoms with Crippen molar-refractivity contribution in [2.24, 2.45) is 10.1 Å². The van der Waals surface area contributed by atoms with Crippen LogP contribution < -0.4 is 23.7 Å². The molecular weight excluding hydrogens is 406 g/mol. The molecule has 1 heterocycles. The lowest BCUT2D eigenvalue weighted by molar-refractivity contribution is 0.324. The molecule has 3 rings (SSSR count). The Balaban J connectivity index is 2.13. The second kappa shape index (κ2) is 9.36. The van der Waals surface area contributed by atoms with E-state index in [-0.39, 0.29) is 5.75 Å². The first-order valence-corrected chi connectivity index (χ1v) is 9.79. The van der Waals surface area contributed by atoms with E-state index in [9.17, 15) is 5.11 Å². The van der Waals surface area contributed by atoms with Gasteiger partial charge in [0.2, 0.25) is 10.6 Å². The highest BCUT2D eigenvalue weighted by Gasteiger charge is 2.17. The zero-order valence-electron chi connectivity index (χ0n) is 17.4. The SMILES string of the molecule is CN=c1scc(-c2cc(OC)c(OC)c(OC)c2)n1N=Cc1cc(OC)ccc1O. The maximum absolute atomic E-state index is 10.1. The van der Waals surface area contributed by atoms with Crippen LogP contribution in [0.15, 0.2) is 45.8 Å². The van der Waals surface area contributed by atoms with E-state index < -0.39 is 0 Å². The van der Waals surface area contributed by atoms with Crippen LogP contribution in [-0.4, -0.2) is 51.5 Å². The second-order valence-electron chi connectivity index (χ2n) is 6.02. The van der Waals surface area contributed by atoms with Gasteiger partial charge in [-0.15, -0.1) is 11.3 Å². The summed E-state index contributed by atoms with van der Waals surface area (Å²) in [6.07, 6.45) is 1.56. The molecule has 0 amide bonds. The highest BCUT2D eigenvalue weighted by Crippen LogP contribution is 2.41. The van der Waals surface area contributed by atoms with Gasteiger partial charge < -0.3 is 24.1 Å². The second-order valence-corrected chi connectivity index (χ2v) is 6.86. The van der Waals surface area contributed by atoms with Crippen LogP contribution in [0.1, 0.15) is 5.56 Å². The van der Waals surface area contributed by atoms with Crippen molar-refractivity contribution in [3.8, 4) is 40.0 Å². The molecule has 3 aromatic rings. The molecule has 2 aromatic carbocycles. The van der Waals surface area contributed by atoms with Crippen molar-refractivity contribution in [3.63, 3.8) is 0 Å². The predicted octanol–water partition coefficient (Wildman–Crippen LogP) is 3.37. The minimum atomic E-state index is 0.0969. The van der Waals surface area contributed by atoms with E-state index in [0.717, 1.165) is 11.3 Å². The number of nitrogens with zero attached hydrogens (tertiary/aromatic N) is 3. The fraction of sp³-hybridized carbons (Fsp3) is 0.238. The van der Waals surface area contributed by atoms with Crippen molar-refractivity contribution in [1.29, 1.82) is 0 Å². The largest absolute Gasteiger partial charge is 0.507 e. The first-order chi connectivity index (χ1) is 14.6. The maximum atomic E-state index is 10.1. The van der Waals surface area contributed by atoms with E-state index in [2.05, 4.69) is 10.1 Å². The van der Waals surface area contributed by atoms with Gasteiger partial charge in [0.1, 0.15) is 11.5 Å². The molecule has 0 saturated heterocycles. The monoisotopic (exact) mass is 429 g/mol. The lowest BCUT2D eigenvalue weighted by atomic mass is 10.1. The Morgan fingerprint density at radius 3 is 2.23 bits per heavy atom. The normalized spacial score (nSPS) is 11.7. The van der Waals surface area contributed by atoms with Gasteiger partial charge in [0.15, 0.2) is 11.5 Å². The summed E-state index contributed by atoms with van der Waals surface area (Å²) in [5.74, 6) is 2.30. The number of phenols is 1. The molecule has 9 heteroatoms. The lowest BCUT2D eigenvalue weighted by Gasteiger charge is -2.14. The van der Waals surface area contributed by atoms with Crippen LogP contribution in [0.25, 0.3) is 11.3 Å². The Hall–Kier alpha value is -3.46. The molecule has 0 aliphatic rings. The number of hydrogen-bond acceptors (Lipinski definition) is 8. The lowest BCUT2D eigenvalue weighted by Crippen LogP contribution is -2.11. The maximum Gasteiger partial charge on any atom is 0.205 e. The summed E-state index contributed by atoms with van der Waals surface area (Å²) in [6, 6.07) is 8.63. The van der Waals surface area contributed by atoms with Crippen molar-refractivity contribution in [1.82, 2.24) is 4.68 Å². The molecule has 0 unspecified atom stereocenters. The van der Waals surface area contributed by atoms with E-state index in [1.54, 1.807) is 64.6 Å². The van der Waals surface area contributed by atoms with Crippen LogP contribution in [-0.2, 0) is 0 Å². The summed E-state index contributed by atoms with van der Waals surface area (Å²) < 4.78 is 23.2. The molecular formula is C21H23N3O5S. The molecule has 0 spiro atoms. The van der Waals surface area contributed by atoms with Crippen molar-refractivity contribution >= 4 is 17.6 Å². The summed E-state index contributed by atoms with van der Waals surface area (Å²) in [6.45, 7) is 0. The van der Waals surface area contributed by atoms with Gasteiger partial charge in [0.25, 0.3) is 0 Å². The van der Waals surface area contributed by atoms with Crippen LogP contribution in [0, 0.1) is 0 Å². The van der Waals surface area contributed by atoms with Gasteiger partial charge in [-0.3, -0.25) is 4.99 Å². The molecule has 0 saturated carbocycles. The summed E-state index contributed by atoms with van der Waals surface area (Å²) in [4.78, 5) is 4.98. The summed E-state index contributed by atoms with van der Waals surface area (Å²) in [5, 5.41) is 16.6. The topological polar surface area (TPSA) is 86.8 Å². The van der Waals surface area contributed by atoms with Crippen LogP contribution in [0.3, 0.4) is 0 Å². The van der Waals surface area contributed by atoms with Gasteiger partial charge in [-0.05, 0) is 30.3 Å². The van der Waals surface area contributed by atoms with Crippen molar-refractivity contribution < 1.29 is 24.1 Å². The molecule has 8 nitrogen and oxygen atoms in total. The first-order valence-electron chi connectivity index (χ1n) is 8.91. The van der Waals surface area contributed by atoms with Crippen molar-refractivity contribution in [2.45, 2.75) is 0 Å². The fourth-order valence-electron chi connectivity index (χ4n) is 2.87. The summed E-state index contributed by atoms with van der Waals surface area (Å²) in [5.41, 5.74) is 2.10. The number of rotatable bonds is 7. The third-order valence-corrected chi connectivity index (χ3v) is 5.29. The third-order valence-electron chi connectivity index (χ3n) is 4.38. The molecule has 0 fully saturated rings. The highest BCUT2D eigenvalue weighted by atomic mass is 32.1. The summed E-state index contributed by atoms with van der Waals surface area (Å²) in [7, 11) is 7.96. The Labute approximate surface area is 178 Å². The van der Waals surface area contributed by atoms with Crippen molar-refractivity contribution in [2.75, 3.05) is 35.5 Å². The van der Waals surface area contributed by atoms with Gasteiger partial charge in [0, 0.05) is 23.6 Å². The number of ether oxygens (including phenoxy) is 4. The molecule has 158 valence electrons. The predicted molar refractivity (Wildman–Crippen MR) is 117 cm³/mol. The number of aromatic nitrogens is 1. The van der Waals surface area contributed by atoms with Gasteiger partial charge in [-0.2, -0.15) is 5.10 Å². The van der Waals surface area contributed by atoms with Gasteiger partial charge >= 0.3 is 0 Å². The van der Waals surface area contributed by atoms with Gasteiger partial charge in [-0.25, -0.2) is 4.68 Å². The number of phenolic OH excluding ortho intramolecular Hbond substituents is 1. The standard InChI is InChI=1S/C21H23N3O5S/c1-22-21-24(23-11-14-8-15(26-2)6-7-17(14)25)16(12-30-21)13-9-18(27-3)20(29-5)19(10-13)28-4/h6-12,25H,1-5H3. The van der Waals surface area contributed by atoms with Crippen LogP contribution in [0.4, 0.5) is 0 Å². The van der Waals surface area contributed by atoms with Gasteiger partial charge in [-0.1, -0.05) is 0 Å². The van der Waals surface area contributed by atoms with E-state index in [0.29, 0.717) is 33.4 Å². The minimum Gasteiger partial charge on any atom is -0.507 e. The van der Waals surface area contributed by atoms with Crippen molar-refractivity contribution in [3.05, 3.63) is 46.1 Å². The minimum absolute atomic E-state index is 0.0969. The molecule has 1 aromatic heterocycles. The van der Waals surface area contributed by atoms with Gasteiger partial charge in [0.05, 0.1) is 40.3 Å². The van der Waals surface area contributed by atoms with E-state index in [4.69, 9.17) is 18.9 Å². The molecule has 0 aliphatic heterocycles. The molecule has 0 bridgehead atoms. The zero-order valence-corrected chi connectivity index (χ0v) is 18.2. The number of hydrogen-bond donors (Lipinski definition) is 1. The fourth-order valence-corrected chi connectivity index (χ4v) is 3.68. The Kier molecular flexibility index (Phi) is 6.63. The number of benzene rings is 2. The van der Waals surface area contributed by atoms with Crippen LogP contribution in [0.5, 0.6) is 28.7 Å². The highest BCUT2D eigenvalue weighted by molar-refractivity contribution is 7.07. The Morgan fingerprint density at radius 1 is 0.967 bits per heavy atom. The van der Waals surface area contributed by atoms with E-state index in [1.807, 2.05) is 17.5 Å². The smallest absolute Gasteiger partial charge is 0.205 e. The number of thiazole rings is 1. The Morgan fingerprint density at radius 2 is 1.67 bits per heavy atom. The Bertz CT molecular complexity index is 1110.